The van der Waals surface area contributed by atoms with Gasteiger partial charge in [0, 0.05) is 22.8 Å². The van der Waals surface area contributed by atoms with E-state index in [4.69, 9.17) is 4.74 Å². The number of rotatable bonds is 3. The summed E-state index contributed by atoms with van der Waals surface area (Å²) in [6.07, 6.45) is 5.65. The number of pyridine rings is 1. The molecule has 17 heavy (non-hydrogen) atoms. The molecule has 1 aromatic heterocycles. The van der Waals surface area contributed by atoms with Crippen LogP contribution in [-0.2, 0) is 0 Å². The molecule has 0 spiro atoms. The number of hydrogen-bond donors (Lipinski definition) is 0. The first-order valence-electron chi connectivity index (χ1n) is 6.12. The Balaban J connectivity index is 1.90. The average molecular weight is 299 g/mol. The highest BCUT2D eigenvalue weighted by Crippen LogP contribution is 2.20. The second-order valence-corrected chi connectivity index (χ2v) is 5.57. The Labute approximate surface area is 111 Å². The molecule has 1 aromatic rings. The molecule has 1 aliphatic rings. The van der Waals surface area contributed by atoms with Crippen molar-refractivity contribution in [3.8, 4) is 5.88 Å². The maximum absolute atomic E-state index is 5.78. The van der Waals surface area contributed by atoms with Crippen LogP contribution in [0.1, 0.15) is 24.8 Å². The molecule has 3 nitrogen and oxygen atoms in total. The molecule has 94 valence electrons. The molecule has 1 saturated heterocycles. The Kier molecular flexibility index (Phi) is 4.40. The van der Waals surface area contributed by atoms with Crippen LogP contribution in [-0.4, -0.2) is 36.1 Å². The standard InChI is InChI=1S/C13H19BrN2O/c1-10-7-13(15-8-12(10)14)17-9-11-5-3-4-6-16(11)2/h7-8,11H,3-6,9H2,1-2H3. The van der Waals surface area contributed by atoms with Gasteiger partial charge in [0.15, 0.2) is 0 Å². The van der Waals surface area contributed by atoms with Crippen molar-refractivity contribution >= 4 is 15.9 Å². The van der Waals surface area contributed by atoms with Gasteiger partial charge in [-0.25, -0.2) is 4.98 Å². The fourth-order valence-corrected chi connectivity index (χ4v) is 2.35. The lowest BCUT2D eigenvalue weighted by molar-refractivity contribution is 0.122. The molecule has 1 aliphatic heterocycles. The second kappa shape index (κ2) is 5.83. The van der Waals surface area contributed by atoms with Gasteiger partial charge in [0.1, 0.15) is 6.61 Å². The molecule has 0 radical (unpaired) electrons. The zero-order valence-corrected chi connectivity index (χ0v) is 12.0. The molecule has 0 bridgehead atoms. The molecule has 1 fully saturated rings. The Morgan fingerprint density at radius 1 is 1.53 bits per heavy atom. The van der Waals surface area contributed by atoms with Crippen LogP contribution in [0.25, 0.3) is 0 Å². The summed E-state index contributed by atoms with van der Waals surface area (Å²) in [5.74, 6) is 0.727. The third-order valence-corrected chi connectivity index (χ3v) is 4.20. The van der Waals surface area contributed by atoms with Crippen LogP contribution >= 0.6 is 15.9 Å². The minimum absolute atomic E-state index is 0.537. The predicted molar refractivity (Wildman–Crippen MR) is 72.4 cm³/mol. The van der Waals surface area contributed by atoms with E-state index in [0.29, 0.717) is 6.04 Å². The predicted octanol–water partition coefficient (Wildman–Crippen LogP) is 3.02. The summed E-state index contributed by atoms with van der Waals surface area (Å²) < 4.78 is 6.81. The fourth-order valence-electron chi connectivity index (χ4n) is 2.13. The summed E-state index contributed by atoms with van der Waals surface area (Å²) in [6, 6.07) is 2.52. The van der Waals surface area contributed by atoms with Gasteiger partial charge < -0.3 is 9.64 Å². The minimum Gasteiger partial charge on any atom is -0.476 e. The van der Waals surface area contributed by atoms with Crippen LogP contribution in [0.3, 0.4) is 0 Å². The van der Waals surface area contributed by atoms with E-state index < -0.39 is 0 Å². The summed E-state index contributed by atoms with van der Waals surface area (Å²) in [6.45, 7) is 3.97. The highest BCUT2D eigenvalue weighted by Gasteiger charge is 2.19. The molecule has 2 heterocycles. The van der Waals surface area contributed by atoms with Crippen molar-refractivity contribution in [1.82, 2.24) is 9.88 Å². The summed E-state index contributed by atoms with van der Waals surface area (Å²) in [7, 11) is 2.17. The third-order valence-electron chi connectivity index (χ3n) is 3.37. The maximum atomic E-state index is 5.78. The van der Waals surface area contributed by atoms with Crippen LogP contribution in [0, 0.1) is 6.92 Å². The SMILES string of the molecule is Cc1cc(OCC2CCCCN2C)ncc1Br. The zero-order valence-electron chi connectivity index (χ0n) is 10.4. The van der Waals surface area contributed by atoms with Gasteiger partial charge in [-0.15, -0.1) is 0 Å². The third kappa shape index (κ3) is 3.42. The molecule has 0 N–H and O–H groups in total. The minimum atomic E-state index is 0.537. The number of likely N-dealkylation sites (tertiary alicyclic amines) is 1. The number of nitrogens with zero attached hydrogens (tertiary/aromatic N) is 2. The summed E-state index contributed by atoms with van der Waals surface area (Å²) >= 11 is 3.44. The number of aromatic nitrogens is 1. The quantitative estimate of drug-likeness (QED) is 0.858. The van der Waals surface area contributed by atoms with Gasteiger partial charge in [0.05, 0.1) is 0 Å². The van der Waals surface area contributed by atoms with E-state index in [1.54, 1.807) is 6.20 Å². The molecule has 0 saturated carbocycles. The summed E-state index contributed by atoms with van der Waals surface area (Å²) in [4.78, 5) is 6.65. The molecule has 1 unspecified atom stereocenters. The van der Waals surface area contributed by atoms with E-state index in [1.165, 1.54) is 25.8 Å². The van der Waals surface area contributed by atoms with E-state index in [1.807, 2.05) is 13.0 Å². The van der Waals surface area contributed by atoms with Gasteiger partial charge in [-0.3, -0.25) is 0 Å². The Morgan fingerprint density at radius 2 is 2.35 bits per heavy atom. The monoisotopic (exact) mass is 298 g/mol. The largest absolute Gasteiger partial charge is 0.476 e. The first kappa shape index (κ1) is 12.8. The Morgan fingerprint density at radius 3 is 3.06 bits per heavy atom. The first-order chi connectivity index (χ1) is 8.16. The van der Waals surface area contributed by atoms with Crippen molar-refractivity contribution < 1.29 is 4.74 Å². The highest BCUT2D eigenvalue weighted by molar-refractivity contribution is 9.10. The molecule has 4 heteroatoms. The smallest absolute Gasteiger partial charge is 0.213 e. The topological polar surface area (TPSA) is 25.4 Å². The summed E-state index contributed by atoms with van der Waals surface area (Å²) in [5.41, 5.74) is 1.16. The average Bonchev–Trinajstić information content (AvgIpc) is 2.32. The highest BCUT2D eigenvalue weighted by atomic mass is 79.9. The molecular weight excluding hydrogens is 280 g/mol. The Hall–Kier alpha value is -0.610. The van der Waals surface area contributed by atoms with Gasteiger partial charge in [-0.05, 0) is 54.9 Å². The molecular formula is C13H19BrN2O. The maximum Gasteiger partial charge on any atom is 0.213 e. The molecule has 2 rings (SSSR count). The second-order valence-electron chi connectivity index (χ2n) is 4.71. The van der Waals surface area contributed by atoms with Crippen molar-refractivity contribution in [3.05, 3.63) is 22.3 Å². The van der Waals surface area contributed by atoms with E-state index in [2.05, 4.69) is 32.9 Å². The van der Waals surface area contributed by atoms with E-state index >= 15 is 0 Å². The van der Waals surface area contributed by atoms with E-state index in [0.717, 1.165) is 22.5 Å². The molecule has 0 amide bonds. The number of piperidine rings is 1. The van der Waals surface area contributed by atoms with Crippen LogP contribution in [0.15, 0.2) is 16.7 Å². The van der Waals surface area contributed by atoms with E-state index in [9.17, 15) is 0 Å². The normalized spacial score (nSPS) is 21.5. The van der Waals surface area contributed by atoms with Crippen molar-refractivity contribution in [2.75, 3.05) is 20.2 Å². The van der Waals surface area contributed by atoms with Gasteiger partial charge in [0.25, 0.3) is 0 Å². The van der Waals surface area contributed by atoms with Crippen LogP contribution in [0.5, 0.6) is 5.88 Å². The van der Waals surface area contributed by atoms with Crippen molar-refractivity contribution in [2.45, 2.75) is 32.2 Å². The van der Waals surface area contributed by atoms with Crippen molar-refractivity contribution in [1.29, 1.82) is 0 Å². The number of hydrogen-bond acceptors (Lipinski definition) is 3. The number of ether oxygens (including phenoxy) is 1. The first-order valence-corrected chi connectivity index (χ1v) is 6.91. The van der Waals surface area contributed by atoms with Crippen LogP contribution in [0.4, 0.5) is 0 Å². The molecule has 1 atom stereocenters. The number of halogens is 1. The lowest BCUT2D eigenvalue weighted by Crippen LogP contribution is -2.40. The Bertz CT molecular complexity index is 384. The van der Waals surface area contributed by atoms with Crippen molar-refractivity contribution in [2.24, 2.45) is 0 Å². The van der Waals surface area contributed by atoms with E-state index in [-0.39, 0.29) is 0 Å². The van der Waals surface area contributed by atoms with Crippen LogP contribution in [0.2, 0.25) is 0 Å². The summed E-state index contributed by atoms with van der Waals surface area (Å²) in [5, 5.41) is 0. The molecule has 0 aromatic carbocycles. The van der Waals surface area contributed by atoms with Crippen LogP contribution < -0.4 is 4.74 Å². The van der Waals surface area contributed by atoms with Gasteiger partial charge >= 0.3 is 0 Å². The van der Waals surface area contributed by atoms with Gasteiger partial charge in [-0.2, -0.15) is 0 Å². The van der Waals surface area contributed by atoms with Crippen molar-refractivity contribution in [3.63, 3.8) is 0 Å². The lowest BCUT2D eigenvalue weighted by atomic mass is 10.0. The zero-order chi connectivity index (χ0) is 12.3. The van der Waals surface area contributed by atoms with Gasteiger partial charge in [0.2, 0.25) is 5.88 Å². The fraction of sp³-hybridized carbons (Fsp3) is 0.615. The number of aryl methyl sites for hydroxylation is 1. The molecule has 0 aliphatic carbocycles. The number of likely N-dealkylation sites (N-methyl/N-ethyl adjacent to an activating group) is 1. The van der Waals surface area contributed by atoms with Gasteiger partial charge in [-0.1, -0.05) is 6.42 Å². The lowest BCUT2D eigenvalue weighted by Gasteiger charge is -2.31.